The lowest BCUT2D eigenvalue weighted by Crippen LogP contribution is -2.45. The zero-order valence-corrected chi connectivity index (χ0v) is 17.9. The Morgan fingerprint density at radius 2 is 1.85 bits per heavy atom. The molecule has 34 heavy (non-hydrogen) atoms. The molecule has 2 amide bonds. The fourth-order valence-corrected chi connectivity index (χ4v) is 4.09. The fourth-order valence-electron chi connectivity index (χ4n) is 4.09. The normalized spacial score (nSPS) is 19.7. The highest BCUT2D eigenvalue weighted by atomic mass is 19.4. The van der Waals surface area contributed by atoms with Crippen LogP contribution in [0.4, 0.5) is 26.7 Å². The van der Waals surface area contributed by atoms with Crippen molar-refractivity contribution >= 4 is 17.1 Å². The summed E-state index contributed by atoms with van der Waals surface area (Å²) in [5.74, 6) is -1.37. The van der Waals surface area contributed by atoms with E-state index in [-0.39, 0.29) is 29.4 Å². The van der Waals surface area contributed by atoms with Gasteiger partial charge < -0.3 is 20.7 Å². The summed E-state index contributed by atoms with van der Waals surface area (Å²) in [5.41, 5.74) is -0.394. The highest BCUT2D eigenvalue weighted by Crippen LogP contribution is 2.31. The van der Waals surface area contributed by atoms with Crippen LogP contribution in [0.2, 0.25) is 0 Å². The number of halogens is 5. The van der Waals surface area contributed by atoms with Crippen molar-refractivity contribution in [3.63, 3.8) is 0 Å². The molecule has 0 spiro atoms. The molecule has 0 saturated heterocycles. The molecule has 4 N–H and O–H groups in total. The average molecular weight is 482 g/mol. The number of amides is 2. The van der Waals surface area contributed by atoms with E-state index < -0.39 is 41.6 Å². The number of hydrogen-bond acceptors (Lipinski definition) is 3. The number of carbonyl (C=O) groups excluding carboxylic acids is 1. The molecule has 1 aliphatic rings. The second kappa shape index (κ2) is 9.57. The maximum absolute atomic E-state index is 14.5. The van der Waals surface area contributed by atoms with Crippen LogP contribution in [0.25, 0.3) is 11.0 Å². The Hall–Kier alpha value is -3.21. The summed E-state index contributed by atoms with van der Waals surface area (Å²) in [6.07, 6.45) is -2.97. The molecule has 0 unspecified atom stereocenters. The van der Waals surface area contributed by atoms with Gasteiger partial charge in [-0.2, -0.15) is 13.2 Å². The molecule has 1 saturated carbocycles. The molecule has 0 aliphatic heterocycles. The summed E-state index contributed by atoms with van der Waals surface area (Å²) in [7, 11) is 0. The quantitative estimate of drug-likeness (QED) is 0.396. The number of fused-ring (bicyclic) bond motifs is 1. The number of nitrogens with one attached hydrogen (secondary N) is 3. The first-order valence-electron chi connectivity index (χ1n) is 10.8. The molecule has 0 radical (unpaired) electrons. The Morgan fingerprint density at radius 1 is 1.12 bits per heavy atom. The van der Waals surface area contributed by atoms with E-state index in [2.05, 4.69) is 20.6 Å². The summed E-state index contributed by atoms with van der Waals surface area (Å²) in [4.78, 5) is 19.9. The lowest BCUT2D eigenvalue weighted by Gasteiger charge is -2.27. The van der Waals surface area contributed by atoms with Crippen LogP contribution in [0.15, 0.2) is 36.4 Å². The van der Waals surface area contributed by atoms with E-state index in [1.165, 1.54) is 18.2 Å². The van der Waals surface area contributed by atoms with Crippen LogP contribution in [0, 0.1) is 11.6 Å². The minimum atomic E-state index is -4.69. The van der Waals surface area contributed by atoms with Crippen molar-refractivity contribution < 1.29 is 31.9 Å². The van der Waals surface area contributed by atoms with E-state index in [4.69, 9.17) is 0 Å². The standard InChI is InChI=1S/C23H23F5N4O2/c24-14-3-8-18-19(11-14)31-21(30-18)20(32-22(34)29-15-4-6-16(33)7-5-15)9-12-1-2-13(10-17(12)25)23(26,27)28/h1-3,8,10-11,15-16,20,33H,4-7,9H2,(H,30,31)(H2,29,32,34)/t15-,16-,20-/m1/s1. The van der Waals surface area contributed by atoms with Gasteiger partial charge in [-0.15, -0.1) is 0 Å². The van der Waals surface area contributed by atoms with E-state index in [1.807, 2.05) is 0 Å². The van der Waals surface area contributed by atoms with Crippen LogP contribution in [-0.4, -0.2) is 33.3 Å². The van der Waals surface area contributed by atoms with Crippen LogP contribution in [-0.2, 0) is 12.6 Å². The second-order valence-electron chi connectivity index (χ2n) is 8.47. The van der Waals surface area contributed by atoms with Crippen LogP contribution in [0.5, 0.6) is 0 Å². The van der Waals surface area contributed by atoms with Gasteiger partial charge in [0, 0.05) is 18.5 Å². The molecule has 4 rings (SSSR count). The van der Waals surface area contributed by atoms with Crippen LogP contribution >= 0.6 is 0 Å². The van der Waals surface area contributed by atoms with Gasteiger partial charge in [0.2, 0.25) is 0 Å². The first-order chi connectivity index (χ1) is 16.1. The zero-order valence-electron chi connectivity index (χ0n) is 17.9. The monoisotopic (exact) mass is 482 g/mol. The maximum atomic E-state index is 14.5. The summed E-state index contributed by atoms with van der Waals surface area (Å²) >= 11 is 0. The highest BCUT2D eigenvalue weighted by molar-refractivity contribution is 5.76. The molecule has 6 nitrogen and oxygen atoms in total. The Labute approximate surface area is 191 Å². The van der Waals surface area contributed by atoms with E-state index >= 15 is 0 Å². The first-order valence-corrected chi connectivity index (χ1v) is 10.8. The predicted molar refractivity (Wildman–Crippen MR) is 114 cm³/mol. The van der Waals surface area contributed by atoms with Crippen LogP contribution < -0.4 is 10.6 Å². The van der Waals surface area contributed by atoms with Crippen molar-refractivity contribution in [2.24, 2.45) is 0 Å². The van der Waals surface area contributed by atoms with Gasteiger partial charge in [0.15, 0.2) is 0 Å². The van der Waals surface area contributed by atoms with Gasteiger partial charge in [-0.3, -0.25) is 0 Å². The Bertz CT molecular complexity index is 1170. The fraction of sp³-hybridized carbons (Fsp3) is 0.391. The molecule has 1 aromatic heterocycles. The van der Waals surface area contributed by atoms with Gasteiger partial charge in [-0.1, -0.05) is 6.07 Å². The van der Waals surface area contributed by atoms with Crippen molar-refractivity contribution in [2.75, 3.05) is 0 Å². The summed E-state index contributed by atoms with van der Waals surface area (Å²) in [6, 6.07) is 4.44. The van der Waals surface area contributed by atoms with E-state index in [9.17, 15) is 31.9 Å². The number of rotatable bonds is 5. The molecule has 2 aromatic carbocycles. The van der Waals surface area contributed by atoms with Crippen molar-refractivity contribution in [1.82, 2.24) is 20.6 Å². The number of carbonyl (C=O) groups is 1. The third kappa shape index (κ3) is 5.64. The van der Waals surface area contributed by atoms with Gasteiger partial charge >= 0.3 is 12.2 Å². The minimum Gasteiger partial charge on any atom is -0.393 e. The smallest absolute Gasteiger partial charge is 0.393 e. The third-order valence-corrected chi connectivity index (χ3v) is 5.94. The number of aromatic nitrogens is 2. The SMILES string of the molecule is O=C(N[C@H](Cc1ccc(C(F)(F)F)cc1F)c1nc2cc(F)ccc2[nH]1)N[C@H]1CC[C@H](O)CC1. The molecule has 1 heterocycles. The first kappa shape index (κ1) is 23.9. The lowest BCUT2D eigenvalue weighted by atomic mass is 9.93. The largest absolute Gasteiger partial charge is 0.416 e. The van der Waals surface area contributed by atoms with Gasteiger partial charge in [-0.25, -0.2) is 18.6 Å². The summed E-state index contributed by atoms with van der Waals surface area (Å²) in [6.45, 7) is 0. The summed E-state index contributed by atoms with van der Waals surface area (Å²) in [5, 5.41) is 15.1. The van der Waals surface area contributed by atoms with Gasteiger partial charge in [0.05, 0.1) is 28.7 Å². The van der Waals surface area contributed by atoms with Gasteiger partial charge in [0.25, 0.3) is 0 Å². The molecule has 11 heteroatoms. The predicted octanol–water partition coefficient (Wildman–Crippen LogP) is 4.75. The number of nitrogens with zero attached hydrogens (tertiary/aromatic N) is 1. The van der Waals surface area contributed by atoms with Crippen molar-refractivity contribution in [2.45, 2.75) is 56.5 Å². The number of benzene rings is 2. The molecule has 1 fully saturated rings. The highest BCUT2D eigenvalue weighted by Gasteiger charge is 2.32. The Kier molecular flexibility index (Phi) is 6.74. The summed E-state index contributed by atoms with van der Waals surface area (Å²) < 4.78 is 66.8. The third-order valence-electron chi connectivity index (χ3n) is 5.94. The van der Waals surface area contributed by atoms with Crippen molar-refractivity contribution in [3.05, 3.63) is 65.0 Å². The van der Waals surface area contributed by atoms with E-state index in [0.717, 1.165) is 12.1 Å². The van der Waals surface area contributed by atoms with Crippen molar-refractivity contribution in [1.29, 1.82) is 0 Å². The number of aliphatic hydroxyl groups is 1. The Balaban J connectivity index is 1.57. The number of alkyl halides is 3. The number of imidazole rings is 1. The molecular weight excluding hydrogens is 459 g/mol. The molecule has 0 bridgehead atoms. The van der Waals surface area contributed by atoms with Gasteiger partial charge in [-0.05, 0) is 55.5 Å². The minimum absolute atomic E-state index is 0.0503. The number of H-pyrrole nitrogens is 1. The topological polar surface area (TPSA) is 90.0 Å². The number of aliphatic hydroxyl groups excluding tert-OH is 1. The number of urea groups is 1. The van der Waals surface area contributed by atoms with E-state index in [0.29, 0.717) is 37.3 Å². The lowest BCUT2D eigenvalue weighted by molar-refractivity contribution is -0.137. The van der Waals surface area contributed by atoms with Crippen LogP contribution in [0.1, 0.15) is 48.7 Å². The number of aromatic amines is 1. The molecular formula is C23H23F5N4O2. The average Bonchev–Trinajstić information content (AvgIpc) is 3.18. The van der Waals surface area contributed by atoms with E-state index in [1.54, 1.807) is 0 Å². The van der Waals surface area contributed by atoms with Crippen molar-refractivity contribution in [3.8, 4) is 0 Å². The number of hydrogen-bond donors (Lipinski definition) is 4. The molecule has 1 atom stereocenters. The zero-order chi connectivity index (χ0) is 24.5. The molecule has 3 aromatic rings. The second-order valence-corrected chi connectivity index (χ2v) is 8.47. The molecule has 182 valence electrons. The maximum Gasteiger partial charge on any atom is 0.416 e. The van der Waals surface area contributed by atoms with Crippen LogP contribution in [0.3, 0.4) is 0 Å². The van der Waals surface area contributed by atoms with Gasteiger partial charge in [0.1, 0.15) is 17.5 Å². The Morgan fingerprint density at radius 3 is 2.53 bits per heavy atom. The molecule has 1 aliphatic carbocycles.